The van der Waals surface area contributed by atoms with E-state index in [-0.39, 0.29) is 11.9 Å². The number of unbranched alkanes of at least 4 members (excludes halogenated alkanes) is 1. The van der Waals surface area contributed by atoms with Gasteiger partial charge in [0, 0.05) is 26.2 Å². The van der Waals surface area contributed by atoms with Gasteiger partial charge in [-0.1, -0.05) is 43.7 Å². The Hall–Kier alpha value is -2.90. The smallest absolute Gasteiger partial charge is 0.325 e. The number of imide groups is 1. The summed E-state index contributed by atoms with van der Waals surface area (Å²) in [6, 6.07) is 8.95. The third-order valence-corrected chi connectivity index (χ3v) is 5.17. The SMILES string of the molecule is CCCCN1c2nnc(-c3ccccc3)n2C2C1C(=O)N(C)C(=O)N2C. The van der Waals surface area contributed by atoms with E-state index in [0.29, 0.717) is 18.3 Å². The zero-order chi connectivity index (χ0) is 18.4. The molecule has 1 aromatic heterocycles. The molecule has 8 nitrogen and oxygen atoms in total. The van der Waals surface area contributed by atoms with Crippen LogP contribution in [0.5, 0.6) is 0 Å². The first-order chi connectivity index (χ1) is 12.6. The normalized spacial score (nSPS) is 22.0. The summed E-state index contributed by atoms with van der Waals surface area (Å²) in [5.74, 6) is 1.13. The Morgan fingerprint density at radius 3 is 2.50 bits per heavy atom. The Bertz CT molecular complexity index is 849. The van der Waals surface area contributed by atoms with E-state index in [1.165, 1.54) is 11.9 Å². The number of hydrogen-bond acceptors (Lipinski definition) is 5. The van der Waals surface area contributed by atoms with Crippen molar-refractivity contribution < 1.29 is 9.59 Å². The summed E-state index contributed by atoms with van der Waals surface area (Å²) in [4.78, 5) is 30.3. The minimum atomic E-state index is -0.470. The van der Waals surface area contributed by atoms with Crippen LogP contribution in [0, 0.1) is 0 Å². The zero-order valence-electron chi connectivity index (χ0n) is 15.2. The van der Waals surface area contributed by atoms with Crippen molar-refractivity contribution >= 4 is 17.9 Å². The van der Waals surface area contributed by atoms with Gasteiger partial charge in [0.2, 0.25) is 5.95 Å². The van der Waals surface area contributed by atoms with Crippen molar-refractivity contribution in [2.24, 2.45) is 0 Å². The molecule has 0 bridgehead atoms. The number of urea groups is 1. The number of rotatable bonds is 4. The molecule has 2 aliphatic rings. The van der Waals surface area contributed by atoms with Crippen molar-refractivity contribution in [3.05, 3.63) is 30.3 Å². The van der Waals surface area contributed by atoms with Crippen LogP contribution < -0.4 is 4.90 Å². The van der Waals surface area contributed by atoms with Crippen molar-refractivity contribution in [1.82, 2.24) is 24.6 Å². The second-order valence-corrected chi connectivity index (χ2v) is 6.76. The molecule has 0 saturated carbocycles. The van der Waals surface area contributed by atoms with Crippen LogP contribution in [0.4, 0.5) is 10.7 Å². The Balaban J connectivity index is 1.86. The van der Waals surface area contributed by atoms with Crippen molar-refractivity contribution in [2.75, 3.05) is 25.5 Å². The summed E-state index contributed by atoms with van der Waals surface area (Å²) in [6.07, 6.45) is 1.50. The lowest BCUT2D eigenvalue weighted by molar-refractivity contribution is -0.133. The quantitative estimate of drug-likeness (QED) is 0.839. The monoisotopic (exact) mass is 354 g/mol. The first-order valence-electron chi connectivity index (χ1n) is 8.87. The second kappa shape index (κ2) is 6.12. The molecule has 1 saturated heterocycles. The lowest BCUT2D eigenvalue weighted by Gasteiger charge is -2.40. The number of carbonyl (C=O) groups is 2. The Kier molecular flexibility index (Phi) is 3.90. The summed E-state index contributed by atoms with van der Waals surface area (Å²) in [7, 11) is 3.26. The second-order valence-electron chi connectivity index (χ2n) is 6.76. The lowest BCUT2D eigenvalue weighted by atomic mass is 10.1. The highest BCUT2D eigenvalue weighted by Gasteiger charge is 2.54. The van der Waals surface area contributed by atoms with Crippen LogP contribution in [0.1, 0.15) is 25.9 Å². The zero-order valence-corrected chi connectivity index (χ0v) is 15.2. The van der Waals surface area contributed by atoms with Crippen molar-refractivity contribution in [3.63, 3.8) is 0 Å². The van der Waals surface area contributed by atoms with E-state index in [1.807, 2.05) is 39.8 Å². The molecule has 0 N–H and O–H groups in total. The average molecular weight is 354 g/mol. The first-order valence-corrected chi connectivity index (χ1v) is 8.87. The highest BCUT2D eigenvalue weighted by Crippen LogP contribution is 2.42. The van der Waals surface area contributed by atoms with Crippen LogP contribution in [0.2, 0.25) is 0 Å². The number of nitrogens with zero attached hydrogens (tertiary/aromatic N) is 6. The molecule has 8 heteroatoms. The fraction of sp³-hybridized carbons (Fsp3) is 0.444. The van der Waals surface area contributed by atoms with E-state index in [2.05, 4.69) is 17.1 Å². The number of likely N-dealkylation sites (N-methyl/N-ethyl adjacent to an activating group) is 2. The number of hydrogen-bond donors (Lipinski definition) is 0. The fourth-order valence-electron chi connectivity index (χ4n) is 3.79. The van der Waals surface area contributed by atoms with Crippen molar-refractivity contribution in [2.45, 2.75) is 32.0 Å². The molecule has 136 valence electrons. The molecule has 1 fully saturated rings. The Morgan fingerprint density at radius 1 is 1.08 bits per heavy atom. The van der Waals surface area contributed by atoms with Crippen LogP contribution in [-0.2, 0) is 4.79 Å². The molecule has 2 aromatic rings. The molecule has 2 unspecified atom stereocenters. The Labute approximate surface area is 152 Å². The molecular formula is C18H22N6O2. The van der Waals surface area contributed by atoms with Gasteiger partial charge in [-0.05, 0) is 6.42 Å². The highest BCUT2D eigenvalue weighted by atomic mass is 16.2. The van der Waals surface area contributed by atoms with Crippen LogP contribution in [0.25, 0.3) is 11.4 Å². The Morgan fingerprint density at radius 2 is 1.81 bits per heavy atom. The molecular weight excluding hydrogens is 332 g/mol. The lowest BCUT2D eigenvalue weighted by Crippen LogP contribution is -2.61. The highest BCUT2D eigenvalue weighted by molar-refractivity contribution is 6.02. The van der Waals surface area contributed by atoms with Crippen LogP contribution in [0.3, 0.4) is 0 Å². The number of benzene rings is 1. The van der Waals surface area contributed by atoms with E-state index in [1.54, 1.807) is 11.9 Å². The van der Waals surface area contributed by atoms with Crippen LogP contribution in [0.15, 0.2) is 30.3 Å². The molecule has 1 aromatic carbocycles. The molecule has 26 heavy (non-hydrogen) atoms. The van der Waals surface area contributed by atoms with E-state index in [9.17, 15) is 9.59 Å². The fourth-order valence-corrected chi connectivity index (χ4v) is 3.79. The number of amides is 3. The largest absolute Gasteiger partial charge is 0.327 e. The van der Waals surface area contributed by atoms with Gasteiger partial charge in [0.1, 0.15) is 6.17 Å². The molecule has 3 amide bonds. The molecule has 2 atom stereocenters. The maximum Gasteiger partial charge on any atom is 0.327 e. The molecule has 4 rings (SSSR count). The molecule has 0 aliphatic carbocycles. The van der Waals surface area contributed by atoms with Gasteiger partial charge in [-0.3, -0.25) is 14.3 Å². The maximum absolute atomic E-state index is 12.9. The van der Waals surface area contributed by atoms with Gasteiger partial charge in [0.15, 0.2) is 11.9 Å². The summed E-state index contributed by atoms with van der Waals surface area (Å²) in [5.41, 5.74) is 0.912. The first kappa shape index (κ1) is 16.6. The summed E-state index contributed by atoms with van der Waals surface area (Å²) in [6.45, 7) is 2.81. The third kappa shape index (κ3) is 2.21. The standard InChI is InChI=1S/C18H22N6O2/c1-4-5-11-23-13-15(21(2)18(26)22(3)16(13)25)24-14(19-20-17(23)24)12-9-7-6-8-10-12/h6-10,13,15H,4-5,11H2,1-3H3. The number of carbonyl (C=O) groups excluding carboxylic acids is 2. The van der Waals surface area contributed by atoms with Gasteiger partial charge in [0.05, 0.1) is 0 Å². The predicted octanol–water partition coefficient (Wildman–Crippen LogP) is 1.96. The van der Waals surface area contributed by atoms with Gasteiger partial charge in [-0.15, -0.1) is 10.2 Å². The number of anilines is 1. The topological polar surface area (TPSA) is 74.6 Å². The average Bonchev–Trinajstić information content (AvgIpc) is 3.22. The maximum atomic E-state index is 12.9. The van der Waals surface area contributed by atoms with Crippen LogP contribution in [-0.4, -0.2) is 63.2 Å². The molecule has 0 radical (unpaired) electrons. The number of aromatic nitrogens is 3. The van der Waals surface area contributed by atoms with Gasteiger partial charge in [-0.25, -0.2) is 4.79 Å². The molecule has 3 heterocycles. The van der Waals surface area contributed by atoms with E-state index in [4.69, 9.17) is 0 Å². The van der Waals surface area contributed by atoms with E-state index < -0.39 is 12.2 Å². The summed E-state index contributed by atoms with van der Waals surface area (Å²) in [5, 5.41) is 8.75. The molecule has 0 spiro atoms. The van der Waals surface area contributed by atoms with Gasteiger partial charge < -0.3 is 9.80 Å². The van der Waals surface area contributed by atoms with Crippen molar-refractivity contribution in [3.8, 4) is 11.4 Å². The van der Waals surface area contributed by atoms with E-state index in [0.717, 1.165) is 18.4 Å². The predicted molar refractivity (Wildman–Crippen MR) is 96.5 cm³/mol. The van der Waals surface area contributed by atoms with Crippen molar-refractivity contribution in [1.29, 1.82) is 0 Å². The van der Waals surface area contributed by atoms with Crippen LogP contribution >= 0.6 is 0 Å². The molecule has 2 aliphatic heterocycles. The minimum absolute atomic E-state index is 0.196. The van der Waals surface area contributed by atoms with Gasteiger partial charge in [0.25, 0.3) is 5.91 Å². The van der Waals surface area contributed by atoms with E-state index >= 15 is 0 Å². The van der Waals surface area contributed by atoms with Gasteiger partial charge >= 0.3 is 6.03 Å². The third-order valence-electron chi connectivity index (χ3n) is 5.17. The number of fused-ring (bicyclic) bond motifs is 3. The minimum Gasteiger partial charge on any atom is -0.325 e. The van der Waals surface area contributed by atoms with Gasteiger partial charge in [-0.2, -0.15) is 0 Å². The summed E-state index contributed by atoms with van der Waals surface area (Å²) >= 11 is 0. The summed E-state index contributed by atoms with van der Waals surface area (Å²) < 4.78 is 1.93.